The minimum Gasteiger partial charge on any atom is -0.493 e. The van der Waals surface area contributed by atoms with Crippen molar-refractivity contribution in [1.29, 1.82) is 0 Å². The van der Waals surface area contributed by atoms with E-state index in [4.69, 9.17) is 38.0 Å². The number of carbonyl (C=O) groups is 1. The lowest BCUT2D eigenvalue weighted by atomic mass is 10.1. The molecule has 0 atom stereocenters. The lowest BCUT2D eigenvalue weighted by Crippen LogP contribution is -2.40. The summed E-state index contributed by atoms with van der Waals surface area (Å²) in [5.74, 6) is -0.423. The van der Waals surface area contributed by atoms with Gasteiger partial charge in [0.05, 0.1) is 35.8 Å². The van der Waals surface area contributed by atoms with Gasteiger partial charge in [-0.1, -0.05) is 23.8 Å². The molecule has 0 bridgehead atoms. The number of morpholine rings is 1. The molecule has 152 valence electrons. The Kier molecular flexibility index (Phi) is 6.63. The Morgan fingerprint density at radius 3 is 2.45 bits per heavy atom. The van der Waals surface area contributed by atoms with Gasteiger partial charge in [-0.15, -0.1) is 0 Å². The summed E-state index contributed by atoms with van der Waals surface area (Å²) in [6, 6.07) is 8.33. The number of nitrogens with zero attached hydrogens (tertiary/aromatic N) is 2. The molecule has 1 aliphatic rings. The molecule has 29 heavy (non-hydrogen) atoms. The van der Waals surface area contributed by atoms with E-state index in [0.29, 0.717) is 36.9 Å². The third-order valence-electron chi connectivity index (χ3n) is 4.28. The van der Waals surface area contributed by atoms with Crippen molar-refractivity contribution in [2.45, 2.75) is 0 Å². The number of non-ortho nitro benzene ring substituents is 1. The zero-order valence-corrected chi connectivity index (χ0v) is 17.0. The van der Waals surface area contributed by atoms with Crippen molar-refractivity contribution in [2.75, 3.05) is 33.4 Å². The van der Waals surface area contributed by atoms with E-state index in [9.17, 15) is 14.9 Å². The molecule has 1 fully saturated rings. The van der Waals surface area contributed by atoms with Gasteiger partial charge in [-0.25, -0.2) is 4.79 Å². The Hall–Kier alpha value is -2.75. The van der Waals surface area contributed by atoms with Crippen LogP contribution in [0.2, 0.25) is 5.02 Å². The number of esters is 1. The van der Waals surface area contributed by atoms with Crippen molar-refractivity contribution < 1.29 is 23.9 Å². The maximum Gasteiger partial charge on any atom is 0.343 e. The molecular weight excluding hydrogens is 420 g/mol. The molecule has 2 aromatic rings. The smallest absolute Gasteiger partial charge is 0.343 e. The van der Waals surface area contributed by atoms with E-state index in [1.807, 2.05) is 4.90 Å². The summed E-state index contributed by atoms with van der Waals surface area (Å²) < 4.78 is 16.1. The quantitative estimate of drug-likeness (QED) is 0.231. The number of carbonyl (C=O) groups excluding carboxylic acids is 1. The second-order valence-corrected chi connectivity index (χ2v) is 6.88. The summed E-state index contributed by atoms with van der Waals surface area (Å²) in [7, 11) is 1.43. The number of benzene rings is 2. The summed E-state index contributed by atoms with van der Waals surface area (Å²) in [5, 5.41) is 10.9. The fourth-order valence-electron chi connectivity index (χ4n) is 2.76. The molecule has 0 spiro atoms. The lowest BCUT2D eigenvalue weighted by molar-refractivity contribution is -0.384. The van der Waals surface area contributed by atoms with Crippen LogP contribution in [-0.4, -0.2) is 54.2 Å². The molecule has 8 nitrogen and oxygen atoms in total. The third-order valence-corrected chi connectivity index (χ3v) is 5.06. The molecule has 3 rings (SSSR count). The number of thiocarbonyl (C=S) groups is 1. The van der Waals surface area contributed by atoms with Gasteiger partial charge in [0.25, 0.3) is 5.69 Å². The molecule has 0 aromatic heterocycles. The van der Waals surface area contributed by atoms with Crippen LogP contribution >= 0.6 is 23.8 Å². The topological polar surface area (TPSA) is 91.1 Å². The van der Waals surface area contributed by atoms with E-state index >= 15 is 0 Å². The number of hydrogen-bond acceptors (Lipinski definition) is 7. The second-order valence-electron chi connectivity index (χ2n) is 6.09. The lowest BCUT2D eigenvalue weighted by Gasteiger charge is -2.29. The summed E-state index contributed by atoms with van der Waals surface area (Å²) in [6.07, 6.45) is 0. The monoisotopic (exact) mass is 436 g/mol. The normalized spacial score (nSPS) is 13.7. The van der Waals surface area contributed by atoms with Gasteiger partial charge in [0, 0.05) is 30.8 Å². The second kappa shape index (κ2) is 9.17. The van der Waals surface area contributed by atoms with Gasteiger partial charge >= 0.3 is 5.97 Å². The molecule has 0 radical (unpaired) electrons. The minimum atomic E-state index is -0.719. The molecule has 1 heterocycles. The van der Waals surface area contributed by atoms with E-state index in [0.717, 1.165) is 0 Å². The number of rotatable bonds is 5. The highest BCUT2D eigenvalue weighted by atomic mass is 35.5. The Balaban J connectivity index is 1.82. The molecule has 0 N–H and O–H groups in total. The first-order chi connectivity index (χ1) is 13.9. The SMILES string of the molecule is COc1cc(C(=S)N2CCOCC2)cc(Cl)c1OC(=O)c1ccc([N+](=O)[O-])cc1. The van der Waals surface area contributed by atoms with Crippen LogP contribution in [0.15, 0.2) is 36.4 Å². The van der Waals surface area contributed by atoms with Gasteiger partial charge in [-0.2, -0.15) is 0 Å². The van der Waals surface area contributed by atoms with Crippen molar-refractivity contribution in [3.05, 3.63) is 62.7 Å². The number of nitro groups is 1. The highest BCUT2D eigenvalue weighted by Gasteiger charge is 2.21. The van der Waals surface area contributed by atoms with Gasteiger partial charge < -0.3 is 19.1 Å². The molecule has 0 amide bonds. The first-order valence-corrected chi connectivity index (χ1v) is 9.40. The van der Waals surface area contributed by atoms with Crippen molar-refractivity contribution in [1.82, 2.24) is 4.90 Å². The molecule has 0 saturated carbocycles. The summed E-state index contributed by atoms with van der Waals surface area (Å²) in [4.78, 5) is 25.2. The Morgan fingerprint density at radius 1 is 1.21 bits per heavy atom. The fraction of sp³-hybridized carbons (Fsp3) is 0.263. The number of hydrogen-bond donors (Lipinski definition) is 0. The maximum absolute atomic E-state index is 12.4. The average Bonchev–Trinajstić information content (AvgIpc) is 2.75. The summed E-state index contributed by atoms with van der Waals surface area (Å²) in [6.45, 7) is 2.54. The van der Waals surface area contributed by atoms with Crippen LogP contribution in [0.1, 0.15) is 15.9 Å². The zero-order chi connectivity index (χ0) is 21.0. The standard InChI is InChI=1S/C19H17ClN2O6S/c1-26-16-11-13(18(29)21-6-8-27-9-7-21)10-15(20)17(16)28-19(23)12-2-4-14(5-3-12)22(24)25/h2-5,10-11H,6-9H2,1H3. The highest BCUT2D eigenvalue weighted by Crippen LogP contribution is 2.37. The molecule has 1 saturated heterocycles. The Bertz CT molecular complexity index is 944. The summed E-state index contributed by atoms with van der Waals surface area (Å²) in [5.41, 5.74) is 0.679. The first-order valence-electron chi connectivity index (χ1n) is 8.62. The van der Waals surface area contributed by atoms with E-state index in [1.54, 1.807) is 12.1 Å². The van der Waals surface area contributed by atoms with Crippen LogP contribution in [0.4, 0.5) is 5.69 Å². The Labute approximate surface area is 177 Å². The van der Waals surface area contributed by atoms with Crippen molar-refractivity contribution >= 4 is 40.5 Å². The van der Waals surface area contributed by atoms with Crippen LogP contribution in [0.5, 0.6) is 11.5 Å². The highest BCUT2D eigenvalue weighted by molar-refractivity contribution is 7.80. The van der Waals surface area contributed by atoms with E-state index < -0.39 is 10.9 Å². The van der Waals surface area contributed by atoms with Gasteiger partial charge in [0.2, 0.25) is 0 Å². The predicted octanol–water partition coefficient (Wildman–Crippen LogP) is 3.48. The van der Waals surface area contributed by atoms with E-state index in [2.05, 4.69) is 0 Å². The van der Waals surface area contributed by atoms with E-state index in [1.165, 1.54) is 31.4 Å². The first kappa shape index (κ1) is 21.0. The largest absolute Gasteiger partial charge is 0.493 e. The molecule has 0 aliphatic carbocycles. The number of ether oxygens (including phenoxy) is 3. The molecule has 0 unspecified atom stereocenters. The summed E-state index contributed by atoms with van der Waals surface area (Å²) >= 11 is 11.9. The van der Waals surface area contributed by atoms with Gasteiger partial charge in [-0.3, -0.25) is 10.1 Å². The van der Waals surface area contributed by atoms with Crippen LogP contribution in [-0.2, 0) is 4.74 Å². The number of halogens is 1. The van der Waals surface area contributed by atoms with Crippen LogP contribution in [0.25, 0.3) is 0 Å². The van der Waals surface area contributed by atoms with Gasteiger partial charge in [-0.05, 0) is 24.3 Å². The van der Waals surface area contributed by atoms with Crippen LogP contribution in [0.3, 0.4) is 0 Å². The fourth-order valence-corrected chi connectivity index (χ4v) is 3.31. The minimum absolute atomic E-state index is 0.0473. The van der Waals surface area contributed by atoms with Crippen LogP contribution in [0, 0.1) is 10.1 Å². The maximum atomic E-state index is 12.4. The van der Waals surface area contributed by atoms with Crippen molar-refractivity contribution in [3.63, 3.8) is 0 Å². The molecule has 2 aromatic carbocycles. The molecule has 10 heteroatoms. The molecule has 1 aliphatic heterocycles. The van der Waals surface area contributed by atoms with Crippen molar-refractivity contribution in [2.24, 2.45) is 0 Å². The van der Waals surface area contributed by atoms with Gasteiger partial charge in [0.15, 0.2) is 11.5 Å². The number of methoxy groups -OCH3 is 1. The third kappa shape index (κ3) is 4.81. The number of nitro benzene ring substituents is 1. The predicted molar refractivity (Wildman–Crippen MR) is 110 cm³/mol. The zero-order valence-electron chi connectivity index (χ0n) is 15.4. The molecular formula is C19H17ClN2O6S. The average molecular weight is 437 g/mol. The van der Waals surface area contributed by atoms with Crippen LogP contribution < -0.4 is 9.47 Å². The van der Waals surface area contributed by atoms with Gasteiger partial charge in [0.1, 0.15) is 4.99 Å². The van der Waals surface area contributed by atoms with E-state index in [-0.39, 0.29) is 27.8 Å². The Morgan fingerprint density at radius 2 is 1.86 bits per heavy atom. The van der Waals surface area contributed by atoms with Crippen molar-refractivity contribution in [3.8, 4) is 11.5 Å².